The van der Waals surface area contributed by atoms with E-state index in [1.54, 1.807) is 6.92 Å². The van der Waals surface area contributed by atoms with Gasteiger partial charge in [0, 0.05) is 31.5 Å². The lowest BCUT2D eigenvalue weighted by atomic mass is 10.0. The van der Waals surface area contributed by atoms with Crippen LogP contribution in [0.1, 0.15) is 20.3 Å². The summed E-state index contributed by atoms with van der Waals surface area (Å²) in [6, 6.07) is 4.40. The molecule has 0 aliphatic carbocycles. The van der Waals surface area contributed by atoms with Gasteiger partial charge in [-0.25, -0.2) is 13.1 Å². The van der Waals surface area contributed by atoms with E-state index in [2.05, 4.69) is 4.72 Å². The van der Waals surface area contributed by atoms with Gasteiger partial charge in [-0.1, -0.05) is 6.92 Å². The molecule has 2 N–H and O–H groups in total. The van der Waals surface area contributed by atoms with Crippen LogP contribution in [0.25, 0.3) is 0 Å². The Labute approximate surface area is 139 Å². The maximum Gasteiger partial charge on any atom is 0.302 e. The molecule has 0 aromatic heterocycles. The smallest absolute Gasteiger partial charge is 0.302 e. The van der Waals surface area contributed by atoms with Crippen molar-refractivity contribution in [1.82, 2.24) is 4.72 Å². The first-order chi connectivity index (χ1) is 11.2. The molecule has 0 radical (unpaired) electrons. The first-order valence-electron chi connectivity index (χ1n) is 7.23. The predicted molar refractivity (Wildman–Crippen MR) is 84.7 cm³/mol. The number of aliphatic hydroxyl groups excluding tert-OH is 1. The first-order valence-corrected chi connectivity index (χ1v) is 8.71. The topological polar surface area (TPSA) is 136 Å². The molecule has 24 heavy (non-hydrogen) atoms. The number of ether oxygens (including phenoxy) is 1. The number of carbonyl (C=O) groups is 1. The standard InChI is InChI=1S/C14H20N2O7S/c1-3-11(9-23-10(2)17)14(18)8-15-24(21,22)13-6-4-12(5-7-13)16(19)20/h4-7,11,14-15,18H,3,8-9H2,1-2H3/t11-,14+/m0/s1. The van der Waals surface area contributed by atoms with Crippen molar-refractivity contribution in [3.05, 3.63) is 34.4 Å². The van der Waals surface area contributed by atoms with E-state index in [-0.39, 0.29) is 23.7 Å². The van der Waals surface area contributed by atoms with Crippen molar-refractivity contribution < 1.29 is 28.0 Å². The summed E-state index contributed by atoms with van der Waals surface area (Å²) in [6.45, 7) is 2.75. The van der Waals surface area contributed by atoms with E-state index in [0.717, 1.165) is 24.3 Å². The Morgan fingerprint density at radius 3 is 2.42 bits per heavy atom. The monoisotopic (exact) mass is 360 g/mol. The lowest BCUT2D eigenvalue weighted by Crippen LogP contribution is -2.38. The highest BCUT2D eigenvalue weighted by Gasteiger charge is 2.22. The molecule has 0 amide bonds. The molecule has 0 aliphatic heterocycles. The quantitative estimate of drug-likeness (QED) is 0.378. The van der Waals surface area contributed by atoms with Gasteiger partial charge in [0.1, 0.15) is 0 Å². The summed E-state index contributed by atoms with van der Waals surface area (Å²) in [6.07, 6.45) is -0.546. The number of nitro benzene ring substituents is 1. The largest absolute Gasteiger partial charge is 0.465 e. The van der Waals surface area contributed by atoms with Gasteiger partial charge in [-0.15, -0.1) is 0 Å². The molecular formula is C14H20N2O7S. The van der Waals surface area contributed by atoms with Crippen molar-refractivity contribution in [2.24, 2.45) is 5.92 Å². The van der Waals surface area contributed by atoms with Gasteiger partial charge in [0.05, 0.1) is 22.5 Å². The van der Waals surface area contributed by atoms with Crippen molar-refractivity contribution in [1.29, 1.82) is 0 Å². The Kier molecular flexibility index (Phi) is 7.26. The third-order valence-electron chi connectivity index (χ3n) is 3.41. The molecule has 0 aliphatic rings. The van der Waals surface area contributed by atoms with Crippen molar-refractivity contribution in [2.45, 2.75) is 31.3 Å². The SMILES string of the molecule is CC[C@@H](COC(C)=O)[C@H](O)CNS(=O)(=O)c1ccc([N+](=O)[O-])cc1. The molecule has 9 nitrogen and oxygen atoms in total. The zero-order chi connectivity index (χ0) is 18.3. The molecular weight excluding hydrogens is 340 g/mol. The van der Waals surface area contributed by atoms with E-state index in [1.807, 2.05) is 0 Å². The zero-order valence-corrected chi connectivity index (χ0v) is 14.2. The van der Waals surface area contributed by atoms with Crippen LogP contribution in [0.2, 0.25) is 0 Å². The number of esters is 1. The maximum atomic E-state index is 12.1. The second-order valence-corrected chi connectivity index (χ2v) is 6.91. The Hall–Kier alpha value is -2.04. The van der Waals surface area contributed by atoms with Crippen LogP contribution in [0.4, 0.5) is 5.69 Å². The average molecular weight is 360 g/mol. The molecule has 0 saturated heterocycles. The summed E-state index contributed by atoms with van der Waals surface area (Å²) in [5.74, 6) is -0.888. The van der Waals surface area contributed by atoms with Crippen LogP contribution in [-0.4, -0.2) is 43.7 Å². The van der Waals surface area contributed by atoms with Gasteiger partial charge < -0.3 is 9.84 Å². The Morgan fingerprint density at radius 1 is 1.38 bits per heavy atom. The molecule has 0 bridgehead atoms. The van der Waals surface area contributed by atoms with Crippen LogP contribution in [-0.2, 0) is 19.6 Å². The number of rotatable bonds is 9. The van der Waals surface area contributed by atoms with E-state index < -0.39 is 32.9 Å². The molecule has 0 saturated carbocycles. The van der Waals surface area contributed by atoms with Gasteiger partial charge in [0.2, 0.25) is 10.0 Å². The molecule has 0 unspecified atom stereocenters. The summed E-state index contributed by atoms with van der Waals surface area (Å²) in [4.78, 5) is 20.6. The summed E-state index contributed by atoms with van der Waals surface area (Å²) >= 11 is 0. The number of hydrogen-bond acceptors (Lipinski definition) is 7. The number of hydrogen-bond donors (Lipinski definition) is 2. The van der Waals surface area contributed by atoms with Crippen LogP contribution >= 0.6 is 0 Å². The fourth-order valence-corrected chi connectivity index (χ4v) is 2.97. The molecule has 1 rings (SSSR count). The van der Waals surface area contributed by atoms with Crippen molar-refractivity contribution >= 4 is 21.7 Å². The van der Waals surface area contributed by atoms with Crippen molar-refractivity contribution in [2.75, 3.05) is 13.2 Å². The minimum Gasteiger partial charge on any atom is -0.465 e. The van der Waals surface area contributed by atoms with Crippen molar-refractivity contribution in [3.8, 4) is 0 Å². The Morgan fingerprint density at radius 2 is 1.96 bits per heavy atom. The van der Waals surface area contributed by atoms with E-state index in [1.165, 1.54) is 6.92 Å². The predicted octanol–water partition coefficient (Wildman–Crippen LogP) is 0.823. The number of nitrogens with zero attached hydrogens (tertiary/aromatic N) is 1. The lowest BCUT2D eigenvalue weighted by molar-refractivity contribution is -0.384. The van der Waals surface area contributed by atoms with Crippen LogP contribution in [0.3, 0.4) is 0 Å². The Balaban J connectivity index is 2.69. The van der Waals surface area contributed by atoms with Gasteiger partial charge in [0.15, 0.2) is 0 Å². The first kappa shape index (κ1) is 20.0. The third kappa shape index (κ3) is 5.87. The maximum absolute atomic E-state index is 12.1. The third-order valence-corrected chi connectivity index (χ3v) is 4.85. The lowest BCUT2D eigenvalue weighted by Gasteiger charge is -2.21. The summed E-state index contributed by atoms with van der Waals surface area (Å²) < 4.78 is 31.3. The van der Waals surface area contributed by atoms with Gasteiger partial charge >= 0.3 is 5.97 Å². The highest BCUT2D eigenvalue weighted by molar-refractivity contribution is 7.89. The zero-order valence-electron chi connectivity index (χ0n) is 13.3. The molecule has 1 aromatic rings. The second-order valence-electron chi connectivity index (χ2n) is 5.14. The fraction of sp³-hybridized carbons (Fsp3) is 0.500. The van der Waals surface area contributed by atoms with Crippen LogP contribution in [0, 0.1) is 16.0 Å². The highest BCUT2D eigenvalue weighted by atomic mass is 32.2. The van der Waals surface area contributed by atoms with Gasteiger partial charge in [0.25, 0.3) is 5.69 Å². The van der Waals surface area contributed by atoms with Crippen LogP contribution in [0.15, 0.2) is 29.2 Å². The number of nitro groups is 1. The van der Waals surface area contributed by atoms with Gasteiger partial charge in [-0.2, -0.15) is 0 Å². The molecule has 134 valence electrons. The number of non-ortho nitro benzene ring substituents is 1. The van der Waals surface area contributed by atoms with Crippen molar-refractivity contribution in [3.63, 3.8) is 0 Å². The Bertz CT molecular complexity index is 673. The second kappa shape index (κ2) is 8.71. The normalized spacial score (nSPS) is 14.0. The van der Waals surface area contributed by atoms with Gasteiger partial charge in [-0.3, -0.25) is 14.9 Å². The van der Waals surface area contributed by atoms with Crippen LogP contribution in [0.5, 0.6) is 0 Å². The number of sulfonamides is 1. The number of nitrogens with one attached hydrogen (secondary N) is 1. The average Bonchev–Trinajstić information content (AvgIpc) is 2.53. The molecule has 0 spiro atoms. The number of carbonyl (C=O) groups excluding carboxylic acids is 1. The minimum absolute atomic E-state index is 0.00768. The summed E-state index contributed by atoms with van der Waals surface area (Å²) in [5, 5.41) is 20.6. The highest BCUT2D eigenvalue weighted by Crippen LogP contribution is 2.16. The number of aliphatic hydroxyl groups is 1. The molecule has 10 heteroatoms. The van der Waals surface area contributed by atoms with E-state index >= 15 is 0 Å². The fourth-order valence-electron chi connectivity index (χ4n) is 1.92. The van der Waals surface area contributed by atoms with E-state index in [0.29, 0.717) is 6.42 Å². The summed E-state index contributed by atoms with van der Waals surface area (Å²) in [5.41, 5.74) is -0.221. The summed E-state index contributed by atoms with van der Waals surface area (Å²) in [7, 11) is -3.91. The van der Waals surface area contributed by atoms with Gasteiger partial charge in [-0.05, 0) is 18.6 Å². The molecule has 2 atom stereocenters. The minimum atomic E-state index is -3.91. The molecule has 0 heterocycles. The van der Waals surface area contributed by atoms with Crippen LogP contribution < -0.4 is 4.72 Å². The van der Waals surface area contributed by atoms with E-state index in [9.17, 15) is 28.4 Å². The number of benzene rings is 1. The molecule has 0 fully saturated rings. The molecule has 1 aromatic carbocycles. The van der Waals surface area contributed by atoms with E-state index in [4.69, 9.17) is 4.74 Å².